The molecule has 7 nitrogen and oxygen atoms in total. The number of piperidine rings is 1. The summed E-state index contributed by atoms with van der Waals surface area (Å²) in [5, 5.41) is 4.49. The predicted molar refractivity (Wildman–Crippen MR) is 101 cm³/mol. The summed E-state index contributed by atoms with van der Waals surface area (Å²) in [4.78, 5) is 4.60. The van der Waals surface area contributed by atoms with Crippen molar-refractivity contribution in [2.24, 2.45) is 5.92 Å². The van der Waals surface area contributed by atoms with Gasteiger partial charge in [0.1, 0.15) is 0 Å². The highest BCUT2D eigenvalue weighted by atomic mass is 32.2. The van der Waals surface area contributed by atoms with E-state index in [4.69, 9.17) is 4.74 Å². The van der Waals surface area contributed by atoms with Crippen LogP contribution < -0.4 is 4.74 Å². The summed E-state index contributed by atoms with van der Waals surface area (Å²) in [6, 6.07) is 3.75. The molecule has 1 aliphatic rings. The average molecular weight is 381 g/mol. The molecule has 1 saturated heterocycles. The molecular formula is C18H28N4O3S. The second-order valence-corrected chi connectivity index (χ2v) is 10.2. The van der Waals surface area contributed by atoms with Crippen molar-refractivity contribution in [1.82, 2.24) is 18.9 Å². The number of nitrogens with zero attached hydrogens (tertiary/aromatic N) is 4. The SMILES string of the molecule is CCS(=O)(=O)N1CCC(COc2ccc3nc(C(C)(C)C)cn3n2)CC1. The number of sulfonamides is 1. The Kier molecular flexibility index (Phi) is 5.25. The monoisotopic (exact) mass is 380 g/mol. The van der Waals surface area contributed by atoms with Crippen LogP contribution in [0.5, 0.6) is 5.88 Å². The minimum Gasteiger partial charge on any atom is -0.476 e. The Bertz CT molecular complexity index is 862. The zero-order valence-corrected chi connectivity index (χ0v) is 16.8. The number of aromatic nitrogens is 3. The molecule has 0 bridgehead atoms. The lowest BCUT2D eigenvalue weighted by Gasteiger charge is -2.30. The largest absolute Gasteiger partial charge is 0.476 e. The summed E-state index contributed by atoms with van der Waals surface area (Å²) in [7, 11) is -3.08. The van der Waals surface area contributed by atoms with Gasteiger partial charge < -0.3 is 4.74 Å². The van der Waals surface area contributed by atoms with Crippen molar-refractivity contribution in [2.45, 2.75) is 46.0 Å². The molecule has 144 valence electrons. The lowest BCUT2D eigenvalue weighted by Crippen LogP contribution is -2.40. The fraction of sp³-hybridized carbons (Fsp3) is 0.667. The van der Waals surface area contributed by atoms with Gasteiger partial charge >= 0.3 is 0 Å². The summed E-state index contributed by atoms with van der Waals surface area (Å²) in [5.41, 5.74) is 1.77. The van der Waals surface area contributed by atoms with E-state index in [1.54, 1.807) is 15.7 Å². The van der Waals surface area contributed by atoms with Gasteiger partial charge in [0.2, 0.25) is 15.9 Å². The Morgan fingerprint density at radius 3 is 2.54 bits per heavy atom. The molecule has 0 aliphatic carbocycles. The van der Waals surface area contributed by atoms with Crippen molar-refractivity contribution in [3.05, 3.63) is 24.0 Å². The highest BCUT2D eigenvalue weighted by molar-refractivity contribution is 7.89. The maximum Gasteiger partial charge on any atom is 0.231 e. The van der Waals surface area contributed by atoms with Crippen LogP contribution in [0.15, 0.2) is 18.3 Å². The normalized spacial score (nSPS) is 17.7. The quantitative estimate of drug-likeness (QED) is 0.796. The summed E-state index contributed by atoms with van der Waals surface area (Å²) in [5.74, 6) is 1.09. The minimum atomic E-state index is -3.08. The van der Waals surface area contributed by atoms with E-state index in [-0.39, 0.29) is 11.2 Å². The van der Waals surface area contributed by atoms with Gasteiger partial charge in [0.15, 0.2) is 5.65 Å². The fourth-order valence-electron chi connectivity index (χ4n) is 3.04. The van der Waals surface area contributed by atoms with Crippen molar-refractivity contribution >= 4 is 15.7 Å². The number of fused-ring (bicyclic) bond motifs is 1. The van der Waals surface area contributed by atoms with E-state index < -0.39 is 10.0 Å². The third-order valence-corrected chi connectivity index (χ3v) is 6.74. The van der Waals surface area contributed by atoms with Gasteiger partial charge in [0, 0.05) is 24.6 Å². The smallest absolute Gasteiger partial charge is 0.231 e. The van der Waals surface area contributed by atoms with Crippen molar-refractivity contribution in [3.8, 4) is 5.88 Å². The van der Waals surface area contributed by atoms with Gasteiger partial charge in [-0.15, -0.1) is 5.10 Å². The molecule has 26 heavy (non-hydrogen) atoms. The van der Waals surface area contributed by atoms with E-state index >= 15 is 0 Å². The highest BCUT2D eigenvalue weighted by Gasteiger charge is 2.27. The summed E-state index contributed by atoms with van der Waals surface area (Å²) in [6.45, 7) is 9.76. The van der Waals surface area contributed by atoms with Crippen molar-refractivity contribution < 1.29 is 13.2 Å². The first-order valence-electron chi connectivity index (χ1n) is 9.16. The van der Waals surface area contributed by atoms with Crippen LogP contribution in [0.25, 0.3) is 5.65 Å². The standard InChI is InChI=1S/C18H28N4O3S/c1-5-26(23,24)21-10-8-14(9-11-21)13-25-17-7-6-16-19-15(18(2,3)4)12-22(16)20-17/h6-7,12,14H,5,8-11,13H2,1-4H3. The molecule has 1 fully saturated rings. The molecule has 0 spiro atoms. The highest BCUT2D eigenvalue weighted by Crippen LogP contribution is 2.23. The van der Waals surface area contributed by atoms with Crippen molar-refractivity contribution in [1.29, 1.82) is 0 Å². The van der Waals surface area contributed by atoms with E-state index in [9.17, 15) is 8.42 Å². The van der Waals surface area contributed by atoms with Crippen LogP contribution in [-0.2, 0) is 15.4 Å². The summed E-state index contributed by atoms with van der Waals surface area (Å²) < 4.78 is 33.0. The maximum absolute atomic E-state index is 11.9. The van der Waals surface area contributed by atoms with Crippen LogP contribution in [0.1, 0.15) is 46.2 Å². The number of hydrogen-bond acceptors (Lipinski definition) is 5. The van der Waals surface area contributed by atoms with E-state index in [0.29, 0.717) is 31.5 Å². The van der Waals surface area contributed by atoms with E-state index in [1.807, 2.05) is 18.3 Å². The van der Waals surface area contributed by atoms with Gasteiger partial charge in [-0.25, -0.2) is 22.2 Å². The van der Waals surface area contributed by atoms with Gasteiger partial charge in [-0.1, -0.05) is 20.8 Å². The van der Waals surface area contributed by atoms with Crippen LogP contribution in [0.3, 0.4) is 0 Å². The Morgan fingerprint density at radius 1 is 1.23 bits per heavy atom. The van der Waals surface area contributed by atoms with Crippen LogP contribution in [0.4, 0.5) is 0 Å². The molecule has 0 radical (unpaired) electrons. The second kappa shape index (κ2) is 7.15. The molecule has 3 rings (SSSR count). The zero-order chi connectivity index (χ0) is 18.9. The van der Waals surface area contributed by atoms with Crippen LogP contribution >= 0.6 is 0 Å². The van der Waals surface area contributed by atoms with Gasteiger partial charge in [-0.3, -0.25) is 0 Å². The second-order valence-electron chi connectivity index (χ2n) is 7.90. The molecular weight excluding hydrogens is 352 g/mol. The fourth-order valence-corrected chi connectivity index (χ4v) is 4.18. The molecule has 0 amide bonds. The van der Waals surface area contributed by atoms with Crippen molar-refractivity contribution in [2.75, 3.05) is 25.4 Å². The van der Waals surface area contributed by atoms with Crippen LogP contribution in [0, 0.1) is 5.92 Å². The van der Waals surface area contributed by atoms with E-state index in [0.717, 1.165) is 24.2 Å². The number of ether oxygens (including phenoxy) is 1. The first-order valence-corrected chi connectivity index (χ1v) is 10.8. The first kappa shape index (κ1) is 19.1. The van der Waals surface area contributed by atoms with Gasteiger partial charge in [0.25, 0.3) is 0 Å². The topological polar surface area (TPSA) is 76.8 Å². The maximum atomic E-state index is 11.9. The van der Waals surface area contributed by atoms with Crippen molar-refractivity contribution in [3.63, 3.8) is 0 Å². The Labute approximate surface area is 155 Å². The minimum absolute atomic E-state index is 0.0263. The van der Waals surface area contributed by atoms with Crippen LogP contribution in [0.2, 0.25) is 0 Å². The molecule has 2 aromatic heterocycles. The third-order valence-electron chi connectivity index (χ3n) is 4.86. The predicted octanol–water partition coefficient (Wildman–Crippen LogP) is 2.47. The average Bonchev–Trinajstić information content (AvgIpc) is 3.04. The molecule has 3 heterocycles. The van der Waals surface area contributed by atoms with Gasteiger partial charge in [0.05, 0.1) is 24.3 Å². The Hall–Kier alpha value is -1.67. The molecule has 0 saturated carbocycles. The van der Waals surface area contributed by atoms with E-state index in [1.165, 1.54) is 0 Å². The first-order chi connectivity index (χ1) is 12.2. The Balaban J connectivity index is 1.59. The number of rotatable bonds is 5. The summed E-state index contributed by atoms with van der Waals surface area (Å²) in [6.07, 6.45) is 3.58. The number of hydrogen-bond donors (Lipinski definition) is 0. The lowest BCUT2D eigenvalue weighted by molar-refractivity contribution is 0.179. The molecule has 0 N–H and O–H groups in total. The van der Waals surface area contributed by atoms with Crippen LogP contribution in [-0.4, -0.2) is 52.8 Å². The lowest BCUT2D eigenvalue weighted by atomic mass is 9.93. The molecule has 8 heteroatoms. The third kappa shape index (κ3) is 4.17. The van der Waals surface area contributed by atoms with Gasteiger partial charge in [-0.05, 0) is 31.7 Å². The van der Waals surface area contributed by atoms with Gasteiger partial charge in [-0.2, -0.15) is 0 Å². The zero-order valence-electron chi connectivity index (χ0n) is 16.0. The Morgan fingerprint density at radius 2 is 1.92 bits per heavy atom. The van der Waals surface area contributed by atoms with E-state index in [2.05, 4.69) is 30.9 Å². The molecule has 0 unspecified atom stereocenters. The molecule has 0 aromatic carbocycles. The molecule has 1 aliphatic heterocycles. The molecule has 2 aromatic rings. The summed E-state index contributed by atoms with van der Waals surface area (Å²) >= 11 is 0. The molecule has 0 atom stereocenters. The number of imidazole rings is 1.